The number of hydrogen-bond acceptors (Lipinski definition) is 5. The quantitative estimate of drug-likeness (QED) is 0.719. The minimum absolute atomic E-state index is 0.309. The molecule has 1 aromatic carbocycles. The highest BCUT2D eigenvalue weighted by Crippen LogP contribution is 2.28. The number of anilines is 2. The highest BCUT2D eigenvalue weighted by Gasteiger charge is 2.22. The summed E-state index contributed by atoms with van der Waals surface area (Å²) in [5.41, 5.74) is 1.16. The normalized spacial score (nSPS) is 20.5. The Bertz CT molecular complexity index is 828. The van der Waals surface area contributed by atoms with Crippen molar-refractivity contribution in [3.63, 3.8) is 0 Å². The fourth-order valence-corrected chi connectivity index (χ4v) is 3.36. The lowest BCUT2D eigenvalue weighted by Gasteiger charge is -2.28. The van der Waals surface area contributed by atoms with Gasteiger partial charge in [-0.3, -0.25) is 0 Å². The summed E-state index contributed by atoms with van der Waals surface area (Å²) in [6.07, 6.45) is 6.23. The summed E-state index contributed by atoms with van der Waals surface area (Å²) in [4.78, 5) is 8.67. The van der Waals surface area contributed by atoms with E-state index in [-0.39, 0.29) is 5.82 Å². The van der Waals surface area contributed by atoms with Gasteiger partial charge in [-0.05, 0) is 55.9 Å². The van der Waals surface area contributed by atoms with Crippen molar-refractivity contribution in [1.29, 1.82) is 0 Å². The number of fused-ring (bicyclic) bond motifs is 1. The van der Waals surface area contributed by atoms with E-state index in [1.807, 2.05) is 18.2 Å². The van der Waals surface area contributed by atoms with Crippen LogP contribution in [0.2, 0.25) is 0 Å². The molecule has 130 valence electrons. The summed E-state index contributed by atoms with van der Waals surface area (Å²) in [5, 5.41) is 6.76. The van der Waals surface area contributed by atoms with Crippen LogP contribution in [0.4, 0.5) is 16.2 Å². The molecule has 0 spiro atoms. The lowest BCUT2D eigenvalue weighted by atomic mass is 9.86. The molecule has 2 heterocycles. The number of nitrogens with one attached hydrogen (secondary N) is 2. The van der Waals surface area contributed by atoms with Gasteiger partial charge in [0.1, 0.15) is 17.2 Å². The van der Waals surface area contributed by atoms with Crippen molar-refractivity contribution in [2.45, 2.75) is 31.7 Å². The van der Waals surface area contributed by atoms with Crippen LogP contribution in [0.25, 0.3) is 11.1 Å². The molecule has 0 atom stereocenters. The van der Waals surface area contributed by atoms with Gasteiger partial charge in [0.2, 0.25) is 0 Å². The topological polar surface area (TPSA) is 63.0 Å². The molecule has 3 aromatic rings. The number of rotatable bonds is 5. The Balaban J connectivity index is 1.28. The number of halogens is 1. The average Bonchev–Trinajstić information content (AvgIpc) is 3.03. The third kappa shape index (κ3) is 3.90. The molecule has 0 aliphatic heterocycles. The molecule has 0 bridgehead atoms. The second kappa shape index (κ2) is 7.09. The van der Waals surface area contributed by atoms with Crippen molar-refractivity contribution < 1.29 is 8.81 Å². The zero-order valence-electron chi connectivity index (χ0n) is 13.9. The lowest BCUT2D eigenvalue weighted by Crippen LogP contribution is -2.29. The minimum Gasteiger partial charge on any atom is -0.423 e. The van der Waals surface area contributed by atoms with Crippen molar-refractivity contribution >= 4 is 22.9 Å². The first-order chi connectivity index (χ1) is 12.3. The molecule has 25 heavy (non-hydrogen) atoms. The standard InChI is InChI=1S/C19H21FN4O/c20-14-6-9-16-17(11-14)25-19(24-16)23-15-7-4-13(5-8-15)12-22-18-3-1-2-10-21-18/h1-3,6,9-11,13,15H,4-5,7-8,12H2,(H,21,22)(H,23,24). The number of benzene rings is 1. The first kappa shape index (κ1) is 15.9. The van der Waals surface area contributed by atoms with E-state index in [0.29, 0.717) is 29.1 Å². The van der Waals surface area contributed by atoms with Crippen LogP contribution in [-0.4, -0.2) is 22.6 Å². The van der Waals surface area contributed by atoms with Crippen molar-refractivity contribution in [1.82, 2.24) is 9.97 Å². The van der Waals surface area contributed by atoms with Gasteiger partial charge in [-0.15, -0.1) is 0 Å². The second-order valence-electron chi connectivity index (χ2n) is 6.59. The number of hydrogen-bond donors (Lipinski definition) is 2. The lowest BCUT2D eigenvalue weighted by molar-refractivity contribution is 0.347. The van der Waals surface area contributed by atoms with E-state index in [4.69, 9.17) is 4.42 Å². The average molecular weight is 340 g/mol. The molecule has 4 rings (SSSR count). The first-order valence-corrected chi connectivity index (χ1v) is 8.74. The highest BCUT2D eigenvalue weighted by atomic mass is 19.1. The van der Waals surface area contributed by atoms with Gasteiger partial charge in [0.25, 0.3) is 6.01 Å². The van der Waals surface area contributed by atoms with Crippen molar-refractivity contribution in [2.75, 3.05) is 17.2 Å². The maximum atomic E-state index is 13.2. The largest absolute Gasteiger partial charge is 0.423 e. The predicted molar refractivity (Wildman–Crippen MR) is 96.1 cm³/mol. The summed E-state index contributed by atoms with van der Waals surface area (Å²) in [6.45, 7) is 0.950. The third-order valence-corrected chi connectivity index (χ3v) is 4.76. The molecule has 0 unspecified atom stereocenters. The van der Waals surface area contributed by atoms with Gasteiger partial charge in [-0.25, -0.2) is 9.37 Å². The molecule has 6 heteroatoms. The molecule has 5 nitrogen and oxygen atoms in total. The van der Waals surface area contributed by atoms with Crippen LogP contribution in [-0.2, 0) is 0 Å². The summed E-state index contributed by atoms with van der Waals surface area (Å²) in [5.74, 6) is 1.27. The molecule has 1 saturated carbocycles. The Morgan fingerprint density at radius 2 is 2.00 bits per heavy atom. The van der Waals surface area contributed by atoms with Crippen LogP contribution < -0.4 is 10.6 Å². The third-order valence-electron chi connectivity index (χ3n) is 4.76. The Morgan fingerprint density at radius 3 is 2.80 bits per heavy atom. The Hall–Kier alpha value is -2.63. The molecule has 2 N–H and O–H groups in total. The van der Waals surface area contributed by atoms with E-state index in [0.717, 1.165) is 38.0 Å². The predicted octanol–water partition coefficient (Wildman–Crippen LogP) is 4.44. The SMILES string of the molecule is Fc1ccc2nc(NC3CCC(CNc4ccccn4)CC3)oc2c1. The maximum absolute atomic E-state index is 13.2. The van der Waals surface area contributed by atoms with E-state index in [9.17, 15) is 4.39 Å². The van der Waals surface area contributed by atoms with Gasteiger partial charge in [-0.1, -0.05) is 6.07 Å². The number of oxazole rings is 1. The molecule has 0 saturated heterocycles. The number of nitrogens with zero attached hydrogens (tertiary/aromatic N) is 2. The maximum Gasteiger partial charge on any atom is 0.295 e. The van der Waals surface area contributed by atoms with Crippen LogP contribution in [0.3, 0.4) is 0 Å². The summed E-state index contributed by atoms with van der Waals surface area (Å²) in [6, 6.07) is 11.1. The van der Waals surface area contributed by atoms with E-state index in [1.165, 1.54) is 12.1 Å². The monoisotopic (exact) mass is 340 g/mol. The molecule has 2 aromatic heterocycles. The molecular weight excluding hydrogens is 319 g/mol. The number of aromatic nitrogens is 2. The van der Waals surface area contributed by atoms with Crippen LogP contribution in [0.15, 0.2) is 47.0 Å². The fraction of sp³-hybridized carbons (Fsp3) is 0.368. The molecule has 0 amide bonds. The van der Waals surface area contributed by atoms with E-state index in [2.05, 4.69) is 20.6 Å². The van der Waals surface area contributed by atoms with E-state index < -0.39 is 0 Å². The van der Waals surface area contributed by atoms with Gasteiger partial charge in [0, 0.05) is 24.8 Å². The first-order valence-electron chi connectivity index (χ1n) is 8.74. The van der Waals surface area contributed by atoms with Crippen molar-refractivity contribution in [3.05, 3.63) is 48.4 Å². The summed E-state index contributed by atoms with van der Waals surface area (Å²) >= 11 is 0. The summed E-state index contributed by atoms with van der Waals surface area (Å²) in [7, 11) is 0. The fourth-order valence-electron chi connectivity index (χ4n) is 3.36. The van der Waals surface area contributed by atoms with Crippen LogP contribution in [0.1, 0.15) is 25.7 Å². The molecule has 1 aliphatic carbocycles. The molecule has 0 radical (unpaired) electrons. The zero-order chi connectivity index (χ0) is 17.1. The van der Waals surface area contributed by atoms with E-state index >= 15 is 0 Å². The van der Waals surface area contributed by atoms with Gasteiger partial charge < -0.3 is 15.1 Å². The Kier molecular flexibility index (Phi) is 4.50. The van der Waals surface area contributed by atoms with Gasteiger partial charge in [-0.2, -0.15) is 4.98 Å². The highest BCUT2D eigenvalue weighted by molar-refractivity contribution is 5.74. The zero-order valence-corrected chi connectivity index (χ0v) is 13.9. The summed E-state index contributed by atoms with van der Waals surface area (Å²) < 4.78 is 18.8. The van der Waals surface area contributed by atoms with Gasteiger partial charge >= 0.3 is 0 Å². The smallest absolute Gasteiger partial charge is 0.295 e. The van der Waals surface area contributed by atoms with Crippen molar-refractivity contribution in [2.24, 2.45) is 5.92 Å². The minimum atomic E-state index is -0.309. The number of pyridine rings is 1. The Labute approximate surface area is 145 Å². The van der Waals surface area contributed by atoms with Crippen LogP contribution in [0.5, 0.6) is 0 Å². The van der Waals surface area contributed by atoms with E-state index in [1.54, 1.807) is 12.3 Å². The Morgan fingerprint density at radius 1 is 1.12 bits per heavy atom. The molecule has 1 aliphatic rings. The van der Waals surface area contributed by atoms with Crippen LogP contribution in [0, 0.1) is 11.7 Å². The van der Waals surface area contributed by atoms with Gasteiger partial charge in [0.05, 0.1) is 0 Å². The molecular formula is C19H21FN4O. The van der Waals surface area contributed by atoms with Crippen LogP contribution >= 0.6 is 0 Å². The van der Waals surface area contributed by atoms with Crippen molar-refractivity contribution in [3.8, 4) is 0 Å². The van der Waals surface area contributed by atoms with Gasteiger partial charge in [0.15, 0.2) is 5.58 Å². The molecule has 1 fully saturated rings. The second-order valence-corrected chi connectivity index (χ2v) is 6.59.